The molecular weight excluding hydrogens is 796 g/mol. The molecule has 4 rings (SSSR count). The molecule has 0 fully saturated rings. The minimum Gasteiger partial charge on any atom is -0.439 e. The molecule has 0 unspecified atom stereocenters. The normalized spacial score (nSPS) is 13.8. The average Bonchev–Trinajstić information content (AvgIpc) is 3.79. The van der Waals surface area contributed by atoms with Crippen molar-refractivity contribution in [1.29, 1.82) is 0 Å². The van der Waals surface area contributed by atoms with Gasteiger partial charge < -0.3 is 14.1 Å². The molecule has 2 aromatic carbocycles. The third kappa shape index (κ3) is 24.1. The number of halogens is 1. The van der Waals surface area contributed by atoms with Crippen molar-refractivity contribution in [3.63, 3.8) is 0 Å². The standard InChI is InChI=1S/C53H77N2O2.ClHO4/c1-3-5-7-9-11-13-15-17-19-21-23-25-27-29-31-37-46-54-48-40-33-35-42-50(48)56-52(54)44-39-45-53-55(49-41-34-36-43-51(49)57-53)47-38-32-30-28-26-24-22-20-18-16-14-12-10-8-6-4-2;2-1(3,4)5/h11-14,17-20,33-36,39-45H,3-10,15-16,21-32,37-38,46-47H2,1-2H3;(H,2,3,4,5)/q+1;/p-1. The molecule has 0 amide bonds. The number of allylic oxidation sites excluding steroid dienone is 10. The van der Waals surface area contributed by atoms with Gasteiger partial charge in [-0.3, -0.25) is 0 Å². The number of unbranched alkanes of at least 4 members (excludes halogenated alkanes) is 18. The number of fused-ring (bicyclic) bond motifs is 2. The third-order valence-electron chi connectivity index (χ3n) is 10.9. The zero-order valence-electron chi connectivity index (χ0n) is 38.1. The lowest BCUT2D eigenvalue weighted by Crippen LogP contribution is -2.68. The average molecular weight is 874 g/mol. The predicted molar refractivity (Wildman–Crippen MR) is 247 cm³/mol. The molecule has 0 saturated heterocycles. The first-order valence-electron chi connectivity index (χ1n) is 23.9. The van der Waals surface area contributed by atoms with Crippen LogP contribution in [0.15, 0.2) is 120 Å². The topological polar surface area (TPSA) is 122 Å². The molecule has 2 heterocycles. The second-order valence-electron chi connectivity index (χ2n) is 16.2. The van der Waals surface area contributed by atoms with Crippen LogP contribution in [0.4, 0.5) is 5.69 Å². The van der Waals surface area contributed by atoms with Crippen molar-refractivity contribution in [2.45, 2.75) is 174 Å². The number of oxazole rings is 1. The van der Waals surface area contributed by atoms with E-state index in [1.807, 2.05) is 0 Å². The van der Waals surface area contributed by atoms with Gasteiger partial charge in [-0.05, 0) is 107 Å². The second-order valence-corrected chi connectivity index (χ2v) is 16.9. The van der Waals surface area contributed by atoms with Crippen molar-refractivity contribution in [2.75, 3.05) is 11.4 Å². The molecule has 9 heteroatoms. The summed E-state index contributed by atoms with van der Waals surface area (Å²) >= 11 is 0. The summed E-state index contributed by atoms with van der Waals surface area (Å²) in [5, 5.41) is 0. The van der Waals surface area contributed by atoms with Gasteiger partial charge in [-0.25, -0.2) is 18.6 Å². The molecule has 0 spiro atoms. The Morgan fingerprint density at radius 1 is 0.565 bits per heavy atom. The van der Waals surface area contributed by atoms with Gasteiger partial charge in [-0.1, -0.05) is 157 Å². The number of para-hydroxylation sites is 4. The molecule has 0 atom stereocenters. The van der Waals surface area contributed by atoms with Crippen LogP contribution < -0.4 is 32.8 Å². The lowest BCUT2D eigenvalue weighted by atomic mass is 10.1. The molecular formula is C53H77ClN2O6. The van der Waals surface area contributed by atoms with E-state index in [0.717, 1.165) is 73.1 Å². The summed E-state index contributed by atoms with van der Waals surface area (Å²) < 4.78 is 49.1. The van der Waals surface area contributed by atoms with Crippen LogP contribution in [0.2, 0.25) is 0 Å². The van der Waals surface area contributed by atoms with E-state index in [1.165, 1.54) is 128 Å². The molecule has 1 aromatic heterocycles. The van der Waals surface area contributed by atoms with Crippen molar-refractivity contribution < 1.29 is 42.6 Å². The Kier molecular flexibility index (Phi) is 28.4. The lowest BCUT2D eigenvalue weighted by molar-refractivity contribution is -2.00. The van der Waals surface area contributed by atoms with Crippen LogP contribution in [0.5, 0.6) is 5.75 Å². The number of ether oxygens (including phenoxy) is 1. The van der Waals surface area contributed by atoms with Gasteiger partial charge in [0.25, 0.3) is 5.52 Å². The second kappa shape index (κ2) is 33.6. The molecule has 1 aliphatic heterocycles. The van der Waals surface area contributed by atoms with Crippen LogP contribution in [-0.4, -0.2) is 6.54 Å². The van der Waals surface area contributed by atoms with Gasteiger partial charge in [0.05, 0.1) is 11.8 Å². The number of rotatable bonds is 32. The first kappa shape index (κ1) is 52.4. The molecule has 0 N–H and O–H groups in total. The predicted octanol–water partition coefficient (Wildman–Crippen LogP) is 11.3. The van der Waals surface area contributed by atoms with E-state index in [0.29, 0.717) is 0 Å². The van der Waals surface area contributed by atoms with E-state index >= 15 is 0 Å². The number of hydrogen-bond acceptors (Lipinski definition) is 7. The van der Waals surface area contributed by atoms with E-state index in [9.17, 15) is 0 Å². The van der Waals surface area contributed by atoms with Crippen molar-refractivity contribution >= 4 is 22.9 Å². The van der Waals surface area contributed by atoms with E-state index in [-0.39, 0.29) is 0 Å². The van der Waals surface area contributed by atoms with Crippen molar-refractivity contribution in [1.82, 2.24) is 0 Å². The summed E-state index contributed by atoms with van der Waals surface area (Å²) in [5.74, 6) is 2.72. The number of aryl methyl sites for hydroxylation is 1. The number of nitrogens with zero attached hydrogens (tertiary/aromatic N) is 2. The summed E-state index contributed by atoms with van der Waals surface area (Å²) in [4.78, 5) is 2.35. The smallest absolute Gasteiger partial charge is 0.374 e. The van der Waals surface area contributed by atoms with Crippen molar-refractivity contribution in [2.24, 2.45) is 0 Å². The zero-order chi connectivity index (χ0) is 44.4. The largest absolute Gasteiger partial charge is 0.439 e. The molecule has 0 aliphatic carbocycles. The maximum Gasteiger partial charge on any atom is 0.374 e. The molecule has 62 heavy (non-hydrogen) atoms. The van der Waals surface area contributed by atoms with Crippen molar-refractivity contribution in [3.05, 3.63) is 121 Å². The van der Waals surface area contributed by atoms with E-state index in [2.05, 4.69) is 139 Å². The summed E-state index contributed by atoms with van der Waals surface area (Å²) in [6, 6.07) is 16.8. The Morgan fingerprint density at radius 2 is 1.05 bits per heavy atom. The Balaban J connectivity index is 0.00000193. The van der Waals surface area contributed by atoms with Gasteiger partial charge in [0.15, 0.2) is 12.3 Å². The van der Waals surface area contributed by atoms with Gasteiger partial charge >= 0.3 is 5.89 Å². The van der Waals surface area contributed by atoms with E-state index < -0.39 is 10.2 Å². The highest BCUT2D eigenvalue weighted by molar-refractivity contribution is 5.70. The number of hydrogen-bond donors (Lipinski definition) is 0. The number of anilines is 1. The van der Waals surface area contributed by atoms with Crippen LogP contribution in [0.1, 0.15) is 174 Å². The summed E-state index contributed by atoms with van der Waals surface area (Å²) in [7, 11) is -4.94. The third-order valence-corrected chi connectivity index (χ3v) is 10.9. The van der Waals surface area contributed by atoms with Gasteiger partial charge in [0.2, 0.25) is 11.5 Å². The van der Waals surface area contributed by atoms with E-state index in [1.54, 1.807) is 0 Å². The van der Waals surface area contributed by atoms with Crippen LogP contribution in [-0.2, 0) is 6.54 Å². The fourth-order valence-corrected chi connectivity index (χ4v) is 7.54. The highest BCUT2D eigenvalue weighted by Gasteiger charge is 2.25. The molecule has 0 bridgehead atoms. The lowest BCUT2D eigenvalue weighted by Gasteiger charge is -2.18. The first-order valence-corrected chi connectivity index (χ1v) is 25.1. The Morgan fingerprint density at radius 3 is 1.63 bits per heavy atom. The van der Waals surface area contributed by atoms with Gasteiger partial charge in [0.1, 0.15) is 0 Å². The first-order chi connectivity index (χ1) is 30.3. The van der Waals surface area contributed by atoms with Crippen LogP contribution in [0.25, 0.3) is 17.2 Å². The monoisotopic (exact) mass is 873 g/mol. The SMILES string of the molecule is CCCCCC=CCC=CCCCCCCCCN1C(=CC=Cc2oc3ccccc3[n+]2CCCCCCCCC=CCC=CCCCCC)Oc2ccccc21.[O-][Cl+3]([O-])([O-])[O-]. The van der Waals surface area contributed by atoms with Crippen LogP contribution in [0, 0.1) is 10.2 Å². The Hall–Kier alpha value is -3.92. The maximum absolute atomic E-state index is 8.49. The quantitative estimate of drug-likeness (QED) is 0.0348. The zero-order valence-corrected chi connectivity index (χ0v) is 38.8. The molecule has 0 radical (unpaired) electrons. The molecule has 1 aliphatic rings. The fraction of sp³-hybridized carbons (Fsp3) is 0.528. The molecule has 3 aromatic rings. The minimum atomic E-state index is -4.94. The fourth-order valence-electron chi connectivity index (χ4n) is 7.54. The number of aromatic nitrogens is 1. The highest BCUT2D eigenvalue weighted by atomic mass is 35.7. The Bertz CT molecular complexity index is 1780. The van der Waals surface area contributed by atoms with Crippen LogP contribution in [0.3, 0.4) is 0 Å². The summed E-state index contributed by atoms with van der Waals surface area (Å²) in [5.41, 5.74) is 3.26. The maximum atomic E-state index is 8.49. The number of benzene rings is 2. The highest BCUT2D eigenvalue weighted by Crippen LogP contribution is 2.39. The van der Waals surface area contributed by atoms with Crippen molar-refractivity contribution in [3.8, 4) is 5.75 Å². The van der Waals surface area contributed by atoms with Gasteiger partial charge in [0, 0.05) is 19.0 Å². The molecule has 342 valence electrons. The van der Waals surface area contributed by atoms with Gasteiger partial charge in [-0.2, -0.15) is 4.57 Å². The Labute approximate surface area is 376 Å². The van der Waals surface area contributed by atoms with E-state index in [4.69, 9.17) is 27.8 Å². The van der Waals surface area contributed by atoms with Crippen LogP contribution >= 0.6 is 0 Å². The summed E-state index contributed by atoms with van der Waals surface area (Å²) in [6.07, 6.45) is 55.3. The van der Waals surface area contributed by atoms with Gasteiger partial charge in [-0.15, -0.1) is 10.2 Å². The minimum absolute atomic E-state index is 0.892. The molecule has 8 nitrogen and oxygen atoms in total. The summed E-state index contributed by atoms with van der Waals surface area (Å²) in [6.45, 7) is 6.45. The molecule has 0 saturated carbocycles.